The third-order valence-corrected chi connectivity index (χ3v) is 4.31. The van der Waals surface area contributed by atoms with E-state index in [4.69, 9.17) is 0 Å². The number of aryl methyl sites for hydroxylation is 1. The molecule has 2 N–H and O–H groups in total. The molecule has 0 spiro atoms. The number of amides is 1. The smallest absolute Gasteiger partial charge is 0.295 e. The van der Waals surface area contributed by atoms with Gasteiger partial charge in [-0.2, -0.15) is 0 Å². The third kappa shape index (κ3) is 4.20. The molecular formula is C18H21FN6O2. The standard InChI is InChI=1S/C18H21FN6O2/c1-12-13(19)4-3-5-14(12)21-16(26)7-9-20-8-6-15-22-23-17-18(27)24(2)10-11-25(15)17/h3-5,10-11,20H,6-9H2,1-2H3,(H,21,26). The second kappa shape index (κ2) is 8.09. The molecule has 0 aliphatic rings. The minimum Gasteiger partial charge on any atom is -0.326 e. The number of carbonyl (C=O) groups is 1. The van der Waals surface area contributed by atoms with Gasteiger partial charge in [-0.25, -0.2) is 4.39 Å². The summed E-state index contributed by atoms with van der Waals surface area (Å²) in [6.45, 7) is 2.68. The fourth-order valence-electron chi connectivity index (χ4n) is 2.67. The van der Waals surface area contributed by atoms with E-state index in [1.807, 2.05) is 0 Å². The van der Waals surface area contributed by atoms with E-state index in [1.165, 1.54) is 10.6 Å². The number of benzene rings is 1. The maximum atomic E-state index is 13.5. The Morgan fingerprint density at radius 3 is 2.85 bits per heavy atom. The Morgan fingerprint density at radius 1 is 1.22 bits per heavy atom. The quantitative estimate of drug-likeness (QED) is 0.605. The first-order chi connectivity index (χ1) is 13.0. The van der Waals surface area contributed by atoms with Crippen LogP contribution in [0.5, 0.6) is 0 Å². The number of fused-ring (bicyclic) bond motifs is 1. The molecule has 3 aromatic rings. The molecule has 1 aromatic carbocycles. The zero-order valence-corrected chi connectivity index (χ0v) is 15.2. The number of carbonyl (C=O) groups excluding carboxylic acids is 1. The summed E-state index contributed by atoms with van der Waals surface area (Å²) in [4.78, 5) is 23.9. The molecule has 0 bridgehead atoms. The maximum absolute atomic E-state index is 13.5. The second-order valence-corrected chi connectivity index (χ2v) is 6.23. The summed E-state index contributed by atoms with van der Waals surface area (Å²) in [5, 5.41) is 13.8. The molecule has 0 saturated carbocycles. The highest BCUT2D eigenvalue weighted by atomic mass is 19.1. The largest absolute Gasteiger partial charge is 0.326 e. The summed E-state index contributed by atoms with van der Waals surface area (Å²) in [5.41, 5.74) is 0.994. The summed E-state index contributed by atoms with van der Waals surface area (Å²) >= 11 is 0. The van der Waals surface area contributed by atoms with Crippen molar-refractivity contribution in [3.63, 3.8) is 0 Å². The fourth-order valence-corrected chi connectivity index (χ4v) is 2.67. The van der Waals surface area contributed by atoms with Gasteiger partial charge in [-0.1, -0.05) is 6.07 Å². The first-order valence-corrected chi connectivity index (χ1v) is 8.62. The van der Waals surface area contributed by atoms with Gasteiger partial charge in [-0.3, -0.25) is 14.0 Å². The predicted molar refractivity (Wildman–Crippen MR) is 99.2 cm³/mol. The molecule has 8 nitrogen and oxygen atoms in total. The fraction of sp³-hybridized carbons (Fsp3) is 0.333. The number of nitrogens with one attached hydrogen (secondary N) is 2. The van der Waals surface area contributed by atoms with Crippen LogP contribution in [0, 0.1) is 12.7 Å². The Kier molecular flexibility index (Phi) is 5.60. The van der Waals surface area contributed by atoms with Crippen molar-refractivity contribution in [2.45, 2.75) is 19.8 Å². The Bertz CT molecular complexity index is 1030. The zero-order chi connectivity index (χ0) is 19.4. The van der Waals surface area contributed by atoms with E-state index < -0.39 is 0 Å². The van der Waals surface area contributed by atoms with Crippen molar-refractivity contribution in [2.75, 3.05) is 18.4 Å². The minimum absolute atomic E-state index is 0.187. The number of nitrogens with zero attached hydrogens (tertiary/aromatic N) is 4. The SMILES string of the molecule is Cc1c(F)cccc1NC(=O)CCNCCc1nnc2c(=O)n(C)ccn12. The van der Waals surface area contributed by atoms with Gasteiger partial charge in [0, 0.05) is 56.6 Å². The van der Waals surface area contributed by atoms with Crippen molar-refractivity contribution < 1.29 is 9.18 Å². The number of rotatable bonds is 7. The van der Waals surface area contributed by atoms with Gasteiger partial charge >= 0.3 is 0 Å². The first kappa shape index (κ1) is 18.7. The summed E-state index contributed by atoms with van der Waals surface area (Å²) < 4.78 is 16.6. The van der Waals surface area contributed by atoms with Crippen LogP contribution in [0.4, 0.5) is 10.1 Å². The zero-order valence-electron chi connectivity index (χ0n) is 15.2. The predicted octanol–water partition coefficient (Wildman–Crippen LogP) is 1.04. The van der Waals surface area contributed by atoms with Gasteiger partial charge in [-0.05, 0) is 19.1 Å². The molecule has 142 valence electrons. The Morgan fingerprint density at radius 2 is 2.04 bits per heavy atom. The van der Waals surface area contributed by atoms with E-state index in [1.54, 1.807) is 42.9 Å². The molecule has 0 aliphatic heterocycles. The Balaban J connectivity index is 1.46. The molecule has 0 fully saturated rings. The van der Waals surface area contributed by atoms with Gasteiger partial charge in [0.2, 0.25) is 11.6 Å². The Labute approximate surface area is 155 Å². The van der Waals surface area contributed by atoms with E-state index in [2.05, 4.69) is 20.8 Å². The van der Waals surface area contributed by atoms with Crippen molar-refractivity contribution in [3.05, 3.63) is 58.2 Å². The molecule has 0 unspecified atom stereocenters. The normalized spacial score (nSPS) is 11.1. The van der Waals surface area contributed by atoms with Gasteiger partial charge in [-0.15, -0.1) is 10.2 Å². The topological polar surface area (TPSA) is 93.3 Å². The highest BCUT2D eigenvalue weighted by Crippen LogP contribution is 2.17. The lowest BCUT2D eigenvalue weighted by atomic mass is 10.2. The van der Waals surface area contributed by atoms with Gasteiger partial charge in [0.15, 0.2) is 0 Å². The molecular weight excluding hydrogens is 351 g/mol. The van der Waals surface area contributed by atoms with Crippen LogP contribution < -0.4 is 16.2 Å². The van der Waals surface area contributed by atoms with Crippen molar-refractivity contribution >= 4 is 17.2 Å². The number of hydrogen-bond acceptors (Lipinski definition) is 5. The van der Waals surface area contributed by atoms with Crippen LogP contribution >= 0.6 is 0 Å². The summed E-state index contributed by atoms with van der Waals surface area (Å²) in [6.07, 6.45) is 4.24. The van der Waals surface area contributed by atoms with Crippen LogP contribution in [0.25, 0.3) is 5.65 Å². The lowest BCUT2D eigenvalue weighted by Gasteiger charge is -2.09. The highest BCUT2D eigenvalue weighted by molar-refractivity contribution is 5.91. The number of halogens is 1. The Hall–Kier alpha value is -3.07. The molecule has 0 radical (unpaired) electrons. The molecule has 0 atom stereocenters. The average molecular weight is 372 g/mol. The lowest BCUT2D eigenvalue weighted by Crippen LogP contribution is -2.24. The van der Waals surface area contributed by atoms with E-state index in [-0.39, 0.29) is 23.7 Å². The highest BCUT2D eigenvalue weighted by Gasteiger charge is 2.10. The van der Waals surface area contributed by atoms with Gasteiger partial charge in [0.1, 0.15) is 11.6 Å². The van der Waals surface area contributed by atoms with Crippen molar-refractivity contribution in [1.29, 1.82) is 0 Å². The van der Waals surface area contributed by atoms with E-state index >= 15 is 0 Å². The van der Waals surface area contributed by atoms with Crippen molar-refractivity contribution in [3.8, 4) is 0 Å². The summed E-state index contributed by atoms with van der Waals surface area (Å²) in [5.74, 6) is 0.143. The number of hydrogen-bond donors (Lipinski definition) is 2. The molecule has 0 aliphatic carbocycles. The first-order valence-electron chi connectivity index (χ1n) is 8.62. The van der Waals surface area contributed by atoms with E-state index in [9.17, 15) is 14.0 Å². The second-order valence-electron chi connectivity index (χ2n) is 6.23. The van der Waals surface area contributed by atoms with Crippen LogP contribution in [-0.4, -0.2) is 38.2 Å². The monoisotopic (exact) mass is 372 g/mol. The average Bonchev–Trinajstić information content (AvgIpc) is 3.05. The summed E-state index contributed by atoms with van der Waals surface area (Å²) in [6, 6.07) is 4.59. The van der Waals surface area contributed by atoms with Gasteiger partial charge < -0.3 is 15.2 Å². The van der Waals surface area contributed by atoms with E-state index in [0.29, 0.717) is 42.2 Å². The molecule has 2 aromatic heterocycles. The number of anilines is 1. The van der Waals surface area contributed by atoms with Crippen molar-refractivity contribution in [2.24, 2.45) is 7.05 Å². The van der Waals surface area contributed by atoms with Crippen LogP contribution in [0.1, 0.15) is 17.8 Å². The third-order valence-electron chi connectivity index (χ3n) is 4.31. The van der Waals surface area contributed by atoms with E-state index in [0.717, 1.165) is 0 Å². The van der Waals surface area contributed by atoms with Crippen LogP contribution in [0.15, 0.2) is 35.4 Å². The van der Waals surface area contributed by atoms with Crippen molar-refractivity contribution in [1.82, 2.24) is 24.5 Å². The van der Waals surface area contributed by atoms with Gasteiger partial charge in [0.25, 0.3) is 5.56 Å². The molecule has 3 rings (SSSR count). The molecule has 9 heteroatoms. The van der Waals surface area contributed by atoms with Gasteiger partial charge in [0.05, 0.1) is 0 Å². The van der Waals surface area contributed by atoms with Crippen LogP contribution in [0.2, 0.25) is 0 Å². The van der Waals surface area contributed by atoms with Crippen LogP contribution in [-0.2, 0) is 18.3 Å². The maximum Gasteiger partial charge on any atom is 0.295 e. The minimum atomic E-state index is -0.346. The molecule has 0 saturated heterocycles. The molecule has 2 heterocycles. The lowest BCUT2D eigenvalue weighted by molar-refractivity contribution is -0.116. The molecule has 1 amide bonds. The molecule has 27 heavy (non-hydrogen) atoms. The number of aromatic nitrogens is 4. The van der Waals surface area contributed by atoms with Crippen LogP contribution in [0.3, 0.4) is 0 Å². The summed E-state index contributed by atoms with van der Waals surface area (Å²) in [7, 11) is 1.66.